The number of carboxylic acids is 1. The number of hydrogen-bond acceptors (Lipinski definition) is 4. The second-order valence-electron chi connectivity index (χ2n) is 8.65. The standard InChI is InChI=1S/C24H26N2O4/c27-23(28)9-21-15-10-25-11-16(21)13-26(12-15)24(29)30-14-22-19-7-3-1-5-17(19)18-6-2-4-8-20(18)22/h1-8,15-16,21-22,25H,9-14H2,(H,27,28). The molecule has 2 atom stereocenters. The van der Waals surface area contributed by atoms with Crippen LogP contribution in [0.2, 0.25) is 0 Å². The zero-order valence-corrected chi connectivity index (χ0v) is 16.8. The number of nitrogens with zero attached hydrogens (tertiary/aromatic N) is 1. The smallest absolute Gasteiger partial charge is 0.409 e. The molecule has 30 heavy (non-hydrogen) atoms. The van der Waals surface area contributed by atoms with Crippen molar-refractivity contribution < 1.29 is 19.4 Å². The van der Waals surface area contributed by atoms with Gasteiger partial charge in [-0.3, -0.25) is 4.79 Å². The molecule has 6 nitrogen and oxygen atoms in total. The first-order valence-electron chi connectivity index (χ1n) is 10.6. The molecule has 0 aromatic heterocycles. The number of carboxylic acid groups (broad SMARTS) is 1. The van der Waals surface area contributed by atoms with E-state index < -0.39 is 5.97 Å². The minimum atomic E-state index is -0.758. The van der Waals surface area contributed by atoms with Crippen LogP contribution in [0.5, 0.6) is 0 Å². The lowest BCUT2D eigenvalue weighted by Crippen LogP contribution is -2.58. The van der Waals surface area contributed by atoms with E-state index in [1.807, 2.05) is 24.3 Å². The van der Waals surface area contributed by atoms with Gasteiger partial charge in [0.1, 0.15) is 6.61 Å². The summed E-state index contributed by atoms with van der Waals surface area (Å²) in [6.07, 6.45) is -0.113. The molecule has 2 saturated heterocycles. The van der Waals surface area contributed by atoms with Gasteiger partial charge < -0.3 is 20.1 Å². The number of ether oxygens (including phenoxy) is 1. The van der Waals surface area contributed by atoms with Gasteiger partial charge in [0.15, 0.2) is 0 Å². The van der Waals surface area contributed by atoms with Gasteiger partial charge in [0.05, 0.1) is 0 Å². The van der Waals surface area contributed by atoms with E-state index in [4.69, 9.17) is 4.74 Å². The Balaban J connectivity index is 1.28. The number of carbonyl (C=O) groups excluding carboxylic acids is 1. The molecule has 2 unspecified atom stereocenters. The van der Waals surface area contributed by atoms with Crippen LogP contribution in [0.15, 0.2) is 48.5 Å². The number of benzene rings is 2. The van der Waals surface area contributed by atoms with Crippen LogP contribution in [-0.2, 0) is 9.53 Å². The van der Waals surface area contributed by atoms with E-state index in [1.54, 1.807) is 4.90 Å². The maximum absolute atomic E-state index is 12.9. The number of hydrogen-bond donors (Lipinski definition) is 2. The minimum absolute atomic E-state index is 0.0482. The SMILES string of the molecule is O=C(O)CC1C2CNCC1CN(C(=O)OCC1c3ccccc3-c3ccccc31)C2. The molecule has 2 N–H and O–H groups in total. The van der Waals surface area contributed by atoms with Gasteiger partial charge in [-0.25, -0.2) is 4.79 Å². The summed E-state index contributed by atoms with van der Waals surface area (Å²) in [5.41, 5.74) is 4.83. The van der Waals surface area contributed by atoms with Crippen LogP contribution in [0.1, 0.15) is 23.5 Å². The molecular weight excluding hydrogens is 380 g/mol. The summed E-state index contributed by atoms with van der Waals surface area (Å²) >= 11 is 0. The molecule has 5 rings (SSSR count). The largest absolute Gasteiger partial charge is 0.481 e. The predicted octanol–water partition coefficient (Wildman–Crippen LogP) is 3.18. The molecule has 2 aliphatic heterocycles. The van der Waals surface area contributed by atoms with Crippen molar-refractivity contribution in [3.8, 4) is 11.1 Å². The van der Waals surface area contributed by atoms with Crippen molar-refractivity contribution in [2.75, 3.05) is 32.8 Å². The van der Waals surface area contributed by atoms with Gasteiger partial charge in [-0.1, -0.05) is 48.5 Å². The number of likely N-dealkylation sites (tertiary alicyclic amines) is 1. The lowest BCUT2D eigenvalue weighted by molar-refractivity contribution is -0.140. The molecule has 0 saturated carbocycles. The molecular formula is C24H26N2O4. The Hall–Kier alpha value is -2.86. The topological polar surface area (TPSA) is 78.9 Å². The van der Waals surface area contributed by atoms with E-state index >= 15 is 0 Å². The Labute approximate surface area is 175 Å². The molecule has 2 aromatic rings. The molecule has 2 aromatic carbocycles. The summed E-state index contributed by atoms with van der Waals surface area (Å²) in [6, 6.07) is 16.6. The van der Waals surface area contributed by atoms with E-state index in [2.05, 4.69) is 29.6 Å². The molecule has 2 heterocycles. The quantitative estimate of drug-likeness (QED) is 0.815. The first-order valence-corrected chi connectivity index (χ1v) is 10.6. The Morgan fingerprint density at radius 2 is 1.53 bits per heavy atom. The Bertz CT molecular complexity index is 916. The van der Waals surface area contributed by atoms with Crippen molar-refractivity contribution in [3.63, 3.8) is 0 Å². The van der Waals surface area contributed by atoms with Crippen LogP contribution in [0.4, 0.5) is 4.79 Å². The number of piperidine rings is 2. The van der Waals surface area contributed by atoms with Crippen LogP contribution in [0.3, 0.4) is 0 Å². The first kappa shape index (κ1) is 19.1. The van der Waals surface area contributed by atoms with Gasteiger partial charge in [0.2, 0.25) is 0 Å². The number of carbonyl (C=O) groups is 2. The highest BCUT2D eigenvalue weighted by Crippen LogP contribution is 2.44. The van der Waals surface area contributed by atoms with Crippen LogP contribution in [0, 0.1) is 17.8 Å². The van der Waals surface area contributed by atoms with Crippen molar-refractivity contribution in [3.05, 3.63) is 59.7 Å². The summed E-state index contributed by atoms with van der Waals surface area (Å²) in [4.78, 5) is 25.9. The fourth-order valence-corrected chi connectivity index (χ4v) is 5.55. The molecule has 1 aliphatic carbocycles. The van der Waals surface area contributed by atoms with Crippen LogP contribution in [0.25, 0.3) is 11.1 Å². The normalized spacial score (nSPS) is 24.8. The number of aliphatic carboxylic acids is 1. The number of nitrogens with one attached hydrogen (secondary N) is 1. The molecule has 3 aliphatic rings. The predicted molar refractivity (Wildman–Crippen MR) is 112 cm³/mol. The summed E-state index contributed by atoms with van der Waals surface area (Å²) in [5.74, 6) is -0.261. The van der Waals surface area contributed by atoms with E-state index in [9.17, 15) is 14.7 Å². The summed E-state index contributed by atoms with van der Waals surface area (Å²) < 4.78 is 5.81. The van der Waals surface area contributed by atoms with Crippen molar-refractivity contribution >= 4 is 12.1 Å². The molecule has 6 heteroatoms. The third-order valence-corrected chi connectivity index (χ3v) is 6.94. The number of amides is 1. The van der Waals surface area contributed by atoms with Crippen LogP contribution < -0.4 is 5.32 Å². The first-order chi connectivity index (χ1) is 14.6. The van der Waals surface area contributed by atoms with Gasteiger partial charge in [0.25, 0.3) is 0 Å². The summed E-state index contributed by atoms with van der Waals surface area (Å²) in [7, 11) is 0. The molecule has 1 amide bonds. The van der Waals surface area contributed by atoms with Gasteiger partial charge in [-0.2, -0.15) is 0 Å². The van der Waals surface area contributed by atoms with Gasteiger partial charge >= 0.3 is 12.1 Å². The van der Waals surface area contributed by atoms with E-state index in [1.165, 1.54) is 22.3 Å². The fourth-order valence-electron chi connectivity index (χ4n) is 5.55. The van der Waals surface area contributed by atoms with Crippen molar-refractivity contribution in [2.45, 2.75) is 12.3 Å². The van der Waals surface area contributed by atoms with Crippen molar-refractivity contribution in [1.29, 1.82) is 0 Å². The molecule has 0 radical (unpaired) electrons. The molecule has 156 valence electrons. The maximum atomic E-state index is 12.9. The minimum Gasteiger partial charge on any atom is -0.481 e. The average molecular weight is 406 g/mol. The highest BCUT2D eigenvalue weighted by Gasteiger charge is 2.42. The molecule has 2 fully saturated rings. The molecule has 0 spiro atoms. The molecule has 2 bridgehead atoms. The van der Waals surface area contributed by atoms with E-state index in [0.717, 1.165) is 13.1 Å². The average Bonchev–Trinajstić information content (AvgIpc) is 3.05. The zero-order chi connectivity index (χ0) is 20.7. The van der Waals surface area contributed by atoms with E-state index in [0.29, 0.717) is 19.7 Å². The Morgan fingerprint density at radius 3 is 2.10 bits per heavy atom. The highest BCUT2D eigenvalue weighted by molar-refractivity contribution is 5.79. The third-order valence-electron chi connectivity index (χ3n) is 6.94. The summed E-state index contributed by atoms with van der Waals surface area (Å²) in [5, 5.41) is 12.6. The third kappa shape index (κ3) is 3.35. The zero-order valence-electron chi connectivity index (χ0n) is 16.8. The van der Waals surface area contributed by atoms with Crippen molar-refractivity contribution in [1.82, 2.24) is 10.2 Å². The van der Waals surface area contributed by atoms with Gasteiger partial charge in [-0.15, -0.1) is 0 Å². The second kappa shape index (κ2) is 7.76. The van der Waals surface area contributed by atoms with Crippen LogP contribution >= 0.6 is 0 Å². The monoisotopic (exact) mass is 406 g/mol. The maximum Gasteiger partial charge on any atom is 0.409 e. The fraction of sp³-hybridized carbons (Fsp3) is 0.417. The lowest BCUT2D eigenvalue weighted by Gasteiger charge is -2.46. The van der Waals surface area contributed by atoms with Crippen LogP contribution in [-0.4, -0.2) is 54.9 Å². The lowest BCUT2D eigenvalue weighted by atomic mass is 9.73. The second-order valence-corrected chi connectivity index (χ2v) is 8.65. The van der Waals surface area contributed by atoms with Crippen molar-refractivity contribution in [2.24, 2.45) is 17.8 Å². The van der Waals surface area contributed by atoms with Gasteiger partial charge in [-0.05, 0) is 53.1 Å². The highest BCUT2D eigenvalue weighted by atomic mass is 16.6. The number of fused-ring (bicyclic) bond motifs is 5. The van der Waals surface area contributed by atoms with Gasteiger partial charge in [0, 0.05) is 25.4 Å². The number of rotatable bonds is 4. The van der Waals surface area contributed by atoms with E-state index in [-0.39, 0.29) is 36.2 Å². The summed E-state index contributed by atoms with van der Waals surface area (Å²) in [6.45, 7) is 2.93. The Morgan fingerprint density at radius 1 is 0.967 bits per heavy atom. The Kier molecular flexibility index (Phi) is 4.95.